The summed E-state index contributed by atoms with van der Waals surface area (Å²) in [5.41, 5.74) is 0. The Morgan fingerprint density at radius 3 is 1.00 bits per heavy atom. The summed E-state index contributed by atoms with van der Waals surface area (Å²) in [6.45, 7) is 0. The van der Waals surface area contributed by atoms with Crippen LogP contribution in [0.2, 0.25) is 0 Å². The van der Waals surface area contributed by atoms with Crippen molar-refractivity contribution in [2.24, 2.45) is 0 Å². The Morgan fingerprint density at radius 2 is 0.800 bits per heavy atom. The predicted molar refractivity (Wildman–Crippen MR) is 89.1 cm³/mol. The first kappa shape index (κ1) is 39.0. The summed E-state index contributed by atoms with van der Waals surface area (Å²) in [5, 5.41) is -0.158. The van der Waals surface area contributed by atoms with E-state index in [-0.39, 0.29) is 60.4 Å². The zero-order valence-electron chi connectivity index (χ0n) is 12.5. The van der Waals surface area contributed by atoms with Crippen LogP contribution in [0.5, 0.6) is 0 Å². The second-order valence-electron chi connectivity index (χ2n) is 3.52. The molecule has 0 aromatic heterocycles. The molecule has 151 valence electrons. The molecular weight excluding hydrogens is 435 g/mol. The molecule has 12 nitrogen and oxygen atoms in total. The van der Waals surface area contributed by atoms with E-state index in [0.29, 0.717) is 0 Å². The Bertz CT molecular complexity index is 763. The molecule has 15 heteroatoms. The molecule has 0 aliphatic carbocycles. The van der Waals surface area contributed by atoms with Crippen LogP contribution in [-0.4, -0.2) is 25.9 Å². The van der Waals surface area contributed by atoms with Crippen molar-refractivity contribution in [2.75, 3.05) is 0 Å². The van der Waals surface area contributed by atoms with Crippen LogP contribution in [0.25, 0.3) is 10.8 Å². The molecule has 0 aliphatic rings. The van der Waals surface area contributed by atoms with Gasteiger partial charge < -0.3 is 42.0 Å². The van der Waals surface area contributed by atoms with Gasteiger partial charge >= 0.3 is 16.8 Å². The smallest absolute Gasteiger partial charge is 0.744 e. The van der Waals surface area contributed by atoms with Crippen molar-refractivity contribution >= 4 is 31.0 Å². The van der Waals surface area contributed by atoms with E-state index in [9.17, 15) is 25.9 Å². The van der Waals surface area contributed by atoms with Crippen molar-refractivity contribution < 1.29 is 75.6 Å². The summed E-state index contributed by atoms with van der Waals surface area (Å²) < 4.78 is 66.1. The minimum atomic E-state index is -4.74. The van der Waals surface area contributed by atoms with E-state index < -0.39 is 30.0 Å². The molecule has 0 saturated carbocycles. The molecule has 2 aromatic rings. The molecule has 25 heavy (non-hydrogen) atoms. The first-order chi connectivity index (χ1) is 8.21. The van der Waals surface area contributed by atoms with E-state index in [4.69, 9.17) is 0 Å². The molecule has 2 aromatic carbocycles. The Hall–Kier alpha value is -1.21. The van der Waals surface area contributed by atoms with Gasteiger partial charge in [-0.15, -0.1) is 0 Å². The molecule has 0 saturated heterocycles. The van der Waals surface area contributed by atoms with Gasteiger partial charge in [0.1, 0.15) is 20.2 Å². The summed E-state index contributed by atoms with van der Waals surface area (Å²) in [6.07, 6.45) is 0. The summed E-state index contributed by atoms with van der Waals surface area (Å²) in [7, 11) is -9.48. The average Bonchev–Trinajstić information content (AvgIpc) is 2.24. The SMILES string of the molecule is O=S(=O)([O-])c1cccc2c(S(=O)(=O)[O-])cccc12.[Co+2].[OH3+].[OH3+].[OH3+].[OH3+].[OH3+].[OH3+]. The number of rotatable bonds is 2. The molecule has 0 unspecified atom stereocenters. The van der Waals surface area contributed by atoms with Crippen molar-refractivity contribution in [1.29, 1.82) is 0 Å². The Morgan fingerprint density at radius 1 is 0.560 bits per heavy atom. The van der Waals surface area contributed by atoms with Gasteiger partial charge in [0, 0.05) is 10.8 Å². The van der Waals surface area contributed by atoms with Gasteiger partial charge in [-0.2, -0.15) is 0 Å². The normalized spacial score (nSPS) is 9.20. The van der Waals surface area contributed by atoms with Gasteiger partial charge in [-0.1, -0.05) is 24.3 Å². The molecule has 0 fully saturated rings. The van der Waals surface area contributed by atoms with E-state index in [1.807, 2.05) is 0 Å². The van der Waals surface area contributed by atoms with E-state index >= 15 is 0 Å². The molecule has 0 aliphatic heterocycles. The van der Waals surface area contributed by atoms with Crippen molar-refractivity contribution in [3.63, 3.8) is 0 Å². The Labute approximate surface area is 153 Å². The number of benzene rings is 2. The van der Waals surface area contributed by atoms with E-state index in [0.717, 1.165) is 12.1 Å². The van der Waals surface area contributed by atoms with Crippen LogP contribution in [0.4, 0.5) is 0 Å². The third kappa shape index (κ3) is 8.14. The maximum Gasteiger partial charge on any atom is 2.00 e. The van der Waals surface area contributed by atoms with Gasteiger partial charge in [0.2, 0.25) is 0 Å². The second-order valence-corrected chi connectivity index (χ2v) is 6.21. The molecule has 0 spiro atoms. The van der Waals surface area contributed by atoms with Crippen LogP contribution < -0.4 is 0 Å². The van der Waals surface area contributed by atoms with E-state index in [2.05, 4.69) is 0 Å². The van der Waals surface area contributed by atoms with Crippen molar-refractivity contribution in [2.45, 2.75) is 9.79 Å². The average molecular weight is 459 g/mol. The minimum Gasteiger partial charge on any atom is -0.744 e. The third-order valence-corrected chi connectivity index (χ3v) is 4.17. The Balaban J connectivity index is -0.000000129. The fourth-order valence-corrected chi connectivity index (χ4v) is 3.07. The first-order valence-corrected chi connectivity index (χ1v) is 7.46. The number of hydrogen-bond donors (Lipinski definition) is 0. The number of hydrogen-bond acceptors (Lipinski definition) is 6. The fraction of sp³-hybridized carbons (Fsp3) is 0. The van der Waals surface area contributed by atoms with E-state index in [1.165, 1.54) is 24.3 Å². The van der Waals surface area contributed by atoms with Gasteiger partial charge in [0.15, 0.2) is 0 Å². The van der Waals surface area contributed by atoms with E-state index in [1.54, 1.807) is 0 Å². The van der Waals surface area contributed by atoms with Crippen LogP contribution in [0, 0.1) is 0 Å². The van der Waals surface area contributed by atoms with Crippen LogP contribution >= 0.6 is 0 Å². The monoisotopic (exact) mass is 459 g/mol. The maximum absolute atomic E-state index is 11.0. The molecule has 0 amide bonds. The molecule has 0 heterocycles. The van der Waals surface area contributed by atoms with Crippen LogP contribution in [0.15, 0.2) is 46.2 Å². The Kier molecular flexibility index (Phi) is 20.4. The summed E-state index contributed by atoms with van der Waals surface area (Å²) in [6, 6.07) is 7.09. The second kappa shape index (κ2) is 13.1. The van der Waals surface area contributed by atoms with Crippen LogP contribution in [-0.2, 0) is 69.9 Å². The van der Waals surface area contributed by atoms with Gasteiger partial charge in [-0.05, 0) is 12.1 Å². The van der Waals surface area contributed by atoms with Gasteiger partial charge in [-0.25, -0.2) is 16.8 Å². The predicted octanol–water partition coefficient (Wildman–Crippen LogP) is -4.89. The van der Waals surface area contributed by atoms with Gasteiger partial charge in [0.25, 0.3) is 0 Å². The molecular formula is C10H24CoO12S2+6. The van der Waals surface area contributed by atoms with Gasteiger partial charge in [0.05, 0.1) is 9.79 Å². The molecule has 0 atom stereocenters. The van der Waals surface area contributed by atoms with Gasteiger partial charge in [-0.3, -0.25) is 0 Å². The van der Waals surface area contributed by atoms with Crippen molar-refractivity contribution in [3.8, 4) is 0 Å². The summed E-state index contributed by atoms with van der Waals surface area (Å²) in [5.74, 6) is 0. The minimum absolute atomic E-state index is 0. The third-order valence-electron chi connectivity index (χ3n) is 2.38. The summed E-state index contributed by atoms with van der Waals surface area (Å²) >= 11 is 0. The standard InChI is InChI=1S/C10H8O6S2.Co.6H2O/c11-17(12,13)9-5-1-3-7-8(9)4-2-6-10(7)18(14,15)16;;;;;;;/h1-6H,(H,11,12,13)(H,14,15,16);;6*1H2/q;+2;;;;;;/p+4. The van der Waals surface area contributed by atoms with Crippen LogP contribution in [0.1, 0.15) is 0 Å². The molecule has 1 radical (unpaired) electrons. The maximum atomic E-state index is 11.0. The first-order valence-electron chi connectivity index (χ1n) is 4.65. The number of fused-ring (bicyclic) bond motifs is 1. The quantitative estimate of drug-likeness (QED) is 0.312. The summed E-state index contributed by atoms with van der Waals surface area (Å²) in [4.78, 5) is -1.10. The zero-order valence-corrected chi connectivity index (χ0v) is 15.2. The molecule has 18 N–H and O–H groups in total. The van der Waals surface area contributed by atoms with Crippen molar-refractivity contribution in [1.82, 2.24) is 0 Å². The largest absolute Gasteiger partial charge is 2.00 e. The topological polar surface area (TPSA) is 312 Å². The molecule has 2 rings (SSSR count). The zero-order chi connectivity index (χ0) is 13.6. The van der Waals surface area contributed by atoms with Crippen LogP contribution in [0.3, 0.4) is 0 Å². The van der Waals surface area contributed by atoms with Crippen molar-refractivity contribution in [3.05, 3.63) is 36.4 Å². The molecule has 0 bridgehead atoms. The fourth-order valence-electron chi connectivity index (χ4n) is 1.69.